The van der Waals surface area contributed by atoms with Crippen LogP contribution in [0.4, 0.5) is 18.9 Å². The molecule has 0 bridgehead atoms. The third-order valence-electron chi connectivity index (χ3n) is 3.34. The molecule has 0 spiro atoms. The Bertz CT molecular complexity index is 416. The van der Waals surface area contributed by atoms with E-state index >= 15 is 0 Å². The van der Waals surface area contributed by atoms with Gasteiger partial charge in [0.1, 0.15) is 0 Å². The number of nitrogens with two attached hydrogens (primary N) is 1. The summed E-state index contributed by atoms with van der Waals surface area (Å²) in [4.78, 5) is 1.97. The van der Waals surface area contributed by atoms with E-state index in [1.807, 2.05) is 11.9 Å². The van der Waals surface area contributed by atoms with Crippen molar-refractivity contribution in [3.63, 3.8) is 0 Å². The summed E-state index contributed by atoms with van der Waals surface area (Å²) in [7, 11) is 1.88. The van der Waals surface area contributed by atoms with Crippen LogP contribution in [0, 0.1) is 5.92 Å². The largest absolute Gasteiger partial charge is 0.416 e. The molecule has 0 radical (unpaired) electrons. The number of rotatable bonds is 5. The number of hydrogen-bond acceptors (Lipinski definition) is 2. The first-order valence-electron chi connectivity index (χ1n) is 6.40. The molecule has 1 aromatic rings. The molecule has 1 rings (SSSR count). The highest BCUT2D eigenvalue weighted by Crippen LogP contribution is 2.33. The summed E-state index contributed by atoms with van der Waals surface area (Å²) in [5.41, 5.74) is 5.69. The maximum absolute atomic E-state index is 12.8. The van der Waals surface area contributed by atoms with Crippen LogP contribution in [0.25, 0.3) is 0 Å². The van der Waals surface area contributed by atoms with E-state index in [1.54, 1.807) is 0 Å². The molecule has 0 aliphatic carbocycles. The van der Waals surface area contributed by atoms with Crippen molar-refractivity contribution in [2.45, 2.75) is 33.0 Å². The molecule has 5 heteroatoms. The van der Waals surface area contributed by atoms with E-state index in [4.69, 9.17) is 5.73 Å². The summed E-state index contributed by atoms with van der Waals surface area (Å²) in [5, 5.41) is 0. The minimum Gasteiger partial charge on any atom is -0.374 e. The lowest BCUT2D eigenvalue weighted by Gasteiger charge is -2.24. The van der Waals surface area contributed by atoms with Crippen molar-refractivity contribution in [1.82, 2.24) is 0 Å². The van der Waals surface area contributed by atoms with Crippen LogP contribution in [-0.4, -0.2) is 13.6 Å². The zero-order valence-corrected chi connectivity index (χ0v) is 11.6. The van der Waals surface area contributed by atoms with Crippen molar-refractivity contribution < 1.29 is 13.2 Å². The fraction of sp³-hybridized carbons (Fsp3) is 0.571. The number of benzene rings is 1. The van der Waals surface area contributed by atoms with Gasteiger partial charge in [0.2, 0.25) is 0 Å². The lowest BCUT2D eigenvalue weighted by atomic mass is 10.0. The van der Waals surface area contributed by atoms with Crippen LogP contribution in [0.1, 0.15) is 31.4 Å². The Kier molecular flexibility index (Phi) is 5.23. The predicted octanol–water partition coefficient (Wildman–Crippen LogP) is 3.65. The number of anilines is 1. The first-order chi connectivity index (χ1) is 8.79. The van der Waals surface area contributed by atoms with Gasteiger partial charge in [-0.2, -0.15) is 13.2 Å². The fourth-order valence-electron chi connectivity index (χ4n) is 1.97. The molecule has 0 aromatic heterocycles. The predicted molar refractivity (Wildman–Crippen MR) is 72.1 cm³/mol. The summed E-state index contributed by atoms with van der Waals surface area (Å²) >= 11 is 0. The van der Waals surface area contributed by atoms with Gasteiger partial charge in [0.25, 0.3) is 0 Å². The van der Waals surface area contributed by atoms with Crippen LogP contribution in [0.3, 0.4) is 0 Å². The van der Waals surface area contributed by atoms with Crippen molar-refractivity contribution in [2.75, 3.05) is 18.5 Å². The quantitative estimate of drug-likeness (QED) is 0.888. The van der Waals surface area contributed by atoms with Crippen LogP contribution in [-0.2, 0) is 12.7 Å². The first-order valence-corrected chi connectivity index (χ1v) is 6.40. The van der Waals surface area contributed by atoms with E-state index in [9.17, 15) is 13.2 Å². The van der Waals surface area contributed by atoms with Crippen LogP contribution in [0.5, 0.6) is 0 Å². The van der Waals surface area contributed by atoms with Crippen molar-refractivity contribution in [3.05, 3.63) is 29.3 Å². The summed E-state index contributed by atoms with van der Waals surface area (Å²) in [5.74, 6) is 0.494. The summed E-state index contributed by atoms with van der Waals surface area (Å²) in [6.07, 6.45) is -3.31. The van der Waals surface area contributed by atoms with Crippen molar-refractivity contribution in [2.24, 2.45) is 11.7 Å². The molecule has 1 aromatic carbocycles. The summed E-state index contributed by atoms with van der Waals surface area (Å²) < 4.78 is 38.3. The molecule has 0 aliphatic rings. The lowest BCUT2D eigenvalue weighted by Crippen LogP contribution is -2.24. The SMILES string of the molecule is CCC(C)CN(C)c1ccc(C(F)(F)F)c(CN)c1. The van der Waals surface area contributed by atoms with E-state index in [1.165, 1.54) is 12.1 Å². The maximum Gasteiger partial charge on any atom is 0.416 e. The fourth-order valence-corrected chi connectivity index (χ4v) is 1.97. The molecular formula is C14H21F3N2. The number of alkyl halides is 3. The Morgan fingerprint density at radius 3 is 2.42 bits per heavy atom. The average Bonchev–Trinajstić information content (AvgIpc) is 2.36. The number of nitrogens with zero attached hydrogens (tertiary/aromatic N) is 1. The maximum atomic E-state index is 12.8. The second kappa shape index (κ2) is 6.28. The Labute approximate surface area is 112 Å². The Hall–Kier alpha value is -1.23. The minimum atomic E-state index is -4.34. The van der Waals surface area contributed by atoms with Gasteiger partial charge in [-0.05, 0) is 29.7 Å². The van der Waals surface area contributed by atoms with Gasteiger partial charge < -0.3 is 10.6 Å². The van der Waals surface area contributed by atoms with Crippen molar-refractivity contribution >= 4 is 5.69 Å². The van der Waals surface area contributed by atoms with E-state index in [2.05, 4.69) is 13.8 Å². The normalized spacial score (nSPS) is 13.4. The second-order valence-corrected chi connectivity index (χ2v) is 4.94. The molecule has 2 nitrogen and oxygen atoms in total. The summed E-state index contributed by atoms with van der Waals surface area (Å²) in [6, 6.07) is 4.15. The third-order valence-corrected chi connectivity index (χ3v) is 3.34. The summed E-state index contributed by atoms with van der Waals surface area (Å²) in [6.45, 7) is 4.91. The van der Waals surface area contributed by atoms with E-state index in [-0.39, 0.29) is 12.1 Å². The molecule has 0 aliphatic heterocycles. The number of halogens is 3. The Morgan fingerprint density at radius 2 is 1.95 bits per heavy atom. The van der Waals surface area contributed by atoms with Gasteiger partial charge in [-0.25, -0.2) is 0 Å². The van der Waals surface area contributed by atoms with Crippen LogP contribution >= 0.6 is 0 Å². The minimum absolute atomic E-state index is 0.111. The Balaban J connectivity index is 3.00. The van der Waals surface area contributed by atoms with Gasteiger partial charge in [-0.1, -0.05) is 20.3 Å². The molecule has 19 heavy (non-hydrogen) atoms. The van der Waals surface area contributed by atoms with Gasteiger partial charge in [0.05, 0.1) is 5.56 Å². The topological polar surface area (TPSA) is 29.3 Å². The van der Waals surface area contributed by atoms with Gasteiger partial charge in [0, 0.05) is 25.8 Å². The van der Waals surface area contributed by atoms with Crippen molar-refractivity contribution in [3.8, 4) is 0 Å². The van der Waals surface area contributed by atoms with Crippen molar-refractivity contribution in [1.29, 1.82) is 0 Å². The zero-order chi connectivity index (χ0) is 14.6. The number of hydrogen-bond donors (Lipinski definition) is 1. The molecule has 0 saturated heterocycles. The molecule has 0 saturated carbocycles. The smallest absolute Gasteiger partial charge is 0.374 e. The zero-order valence-electron chi connectivity index (χ0n) is 11.6. The molecule has 0 heterocycles. The van der Waals surface area contributed by atoms with Gasteiger partial charge in [0.15, 0.2) is 0 Å². The molecule has 1 unspecified atom stereocenters. The highest BCUT2D eigenvalue weighted by Gasteiger charge is 2.33. The standard InChI is InChI=1S/C14H21F3N2/c1-4-10(2)9-19(3)12-5-6-13(14(15,16)17)11(7-12)8-18/h5-7,10H,4,8-9,18H2,1-3H3. The molecule has 0 amide bonds. The Morgan fingerprint density at radius 1 is 1.32 bits per heavy atom. The highest BCUT2D eigenvalue weighted by atomic mass is 19.4. The van der Waals surface area contributed by atoms with E-state index in [0.29, 0.717) is 5.92 Å². The van der Waals surface area contributed by atoms with E-state index < -0.39 is 11.7 Å². The van der Waals surface area contributed by atoms with Crippen LogP contribution in [0.2, 0.25) is 0 Å². The first kappa shape index (κ1) is 15.8. The van der Waals surface area contributed by atoms with Gasteiger partial charge >= 0.3 is 6.18 Å². The van der Waals surface area contributed by atoms with E-state index in [0.717, 1.165) is 24.7 Å². The average molecular weight is 274 g/mol. The lowest BCUT2D eigenvalue weighted by molar-refractivity contribution is -0.138. The van der Waals surface area contributed by atoms with Crippen LogP contribution in [0.15, 0.2) is 18.2 Å². The third kappa shape index (κ3) is 4.13. The molecular weight excluding hydrogens is 253 g/mol. The van der Waals surface area contributed by atoms with Crippen LogP contribution < -0.4 is 10.6 Å². The van der Waals surface area contributed by atoms with Gasteiger partial charge in [-0.15, -0.1) is 0 Å². The molecule has 1 atom stereocenters. The monoisotopic (exact) mass is 274 g/mol. The molecule has 2 N–H and O–H groups in total. The molecule has 108 valence electrons. The highest BCUT2D eigenvalue weighted by molar-refractivity contribution is 5.51. The molecule has 0 fully saturated rings. The second-order valence-electron chi connectivity index (χ2n) is 4.94. The van der Waals surface area contributed by atoms with Gasteiger partial charge in [-0.3, -0.25) is 0 Å².